The van der Waals surface area contributed by atoms with E-state index in [4.69, 9.17) is 0 Å². The van der Waals surface area contributed by atoms with E-state index in [9.17, 15) is 13.2 Å². The van der Waals surface area contributed by atoms with E-state index in [-0.39, 0.29) is 18.4 Å². The molecule has 1 unspecified atom stereocenters. The molecule has 2 aromatic heterocycles. The predicted molar refractivity (Wildman–Crippen MR) is 113 cm³/mol. The number of aromatic nitrogens is 1. The molecule has 0 saturated carbocycles. The number of sulfonamides is 1. The van der Waals surface area contributed by atoms with Gasteiger partial charge in [0.2, 0.25) is 5.91 Å². The Morgan fingerprint density at radius 2 is 2.00 bits per heavy atom. The van der Waals surface area contributed by atoms with Crippen molar-refractivity contribution in [3.8, 4) is 0 Å². The van der Waals surface area contributed by atoms with Gasteiger partial charge in [-0.1, -0.05) is 6.42 Å². The zero-order valence-electron chi connectivity index (χ0n) is 15.9. The van der Waals surface area contributed by atoms with E-state index in [1.54, 1.807) is 17.4 Å². The first-order valence-electron chi connectivity index (χ1n) is 9.79. The lowest BCUT2D eigenvalue weighted by Gasteiger charge is -2.30. The summed E-state index contributed by atoms with van der Waals surface area (Å²) in [5.74, 6) is -0.459. The van der Waals surface area contributed by atoms with E-state index in [2.05, 4.69) is 10.3 Å². The quantitative estimate of drug-likeness (QED) is 0.735. The monoisotopic (exact) mass is 439 g/mol. The molecule has 1 N–H and O–H groups in total. The van der Waals surface area contributed by atoms with Gasteiger partial charge in [-0.3, -0.25) is 4.79 Å². The first-order chi connectivity index (χ1) is 13.4. The number of aryl methyl sites for hydroxylation is 3. The molecule has 152 valence electrons. The van der Waals surface area contributed by atoms with Crippen LogP contribution in [0.5, 0.6) is 0 Å². The molecule has 28 heavy (non-hydrogen) atoms. The molecule has 3 heterocycles. The van der Waals surface area contributed by atoms with Gasteiger partial charge in [-0.2, -0.15) is 4.31 Å². The number of carbonyl (C=O) groups is 1. The second kappa shape index (κ2) is 8.22. The third-order valence-corrected chi connectivity index (χ3v) is 9.80. The molecule has 1 amide bonds. The molecular formula is C19H25N3O3S3. The maximum absolute atomic E-state index is 12.9. The van der Waals surface area contributed by atoms with Crippen molar-refractivity contribution in [1.29, 1.82) is 0 Å². The van der Waals surface area contributed by atoms with Gasteiger partial charge >= 0.3 is 0 Å². The minimum absolute atomic E-state index is 0.119. The van der Waals surface area contributed by atoms with Gasteiger partial charge in [-0.05, 0) is 57.6 Å². The summed E-state index contributed by atoms with van der Waals surface area (Å²) in [5.41, 5.74) is 1.12. The topological polar surface area (TPSA) is 79.4 Å². The molecule has 6 nitrogen and oxygen atoms in total. The van der Waals surface area contributed by atoms with Crippen LogP contribution in [0.25, 0.3) is 0 Å². The van der Waals surface area contributed by atoms with Crippen LogP contribution in [0.15, 0.2) is 16.3 Å². The molecule has 1 fully saturated rings. The number of hydrogen-bond donors (Lipinski definition) is 1. The van der Waals surface area contributed by atoms with Crippen molar-refractivity contribution in [1.82, 2.24) is 9.29 Å². The third kappa shape index (κ3) is 4.17. The fourth-order valence-electron chi connectivity index (χ4n) is 3.84. The van der Waals surface area contributed by atoms with Gasteiger partial charge < -0.3 is 5.32 Å². The van der Waals surface area contributed by atoms with Crippen LogP contribution in [-0.4, -0.2) is 36.7 Å². The average Bonchev–Trinajstić information content (AvgIpc) is 3.22. The second-order valence-electron chi connectivity index (χ2n) is 7.51. The zero-order valence-corrected chi connectivity index (χ0v) is 18.4. The molecule has 2 aromatic rings. The molecule has 4 rings (SSSR count). The van der Waals surface area contributed by atoms with Crippen molar-refractivity contribution < 1.29 is 13.2 Å². The Morgan fingerprint density at radius 1 is 1.18 bits per heavy atom. The molecule has 2 aliphatic rings. The Balaban J connectivity index is 1.44. The summed E-state index contributed by atoms with van der Waals surface area (Å²) in [5, 5.41) is 3.61. The van der Waals surface area contributed by atoms with Crippen molar-refractivity contribution >= 4 is 43.7 Å². The first-order valence-corrected chi connectivity index (χ1v) is 12.9. The van der Waals surface area contributed by atoms with Crippen molar-refractivity contribution in [3.05, 3.63) is 27.6 Å². The fraction of sp³-hybridized carbons (Fsp3) is 0.579. The van der Waals surface area contributed by atoms with E-state index in [1.807, 2.05) is 13.0 Å². The maximum atomic E-state index is 12.9. The number of anilines is 1. The highest BCUT2D eigenvalue weighted by atomic mass is 32.2. The number of rotatable bonds is 4. The summed E-state index contributed by atoms with van der Waals surface area (Å²) in [6, 6.07) is 3.47. The van der Waals surface area contributed by atoms with Gasteiger partial charge in [0, 0.05) is 22.8 Å². The average molecular weight is 440 g/mol. The van der Waals surface area contributed by atoms with E-state index in [0.717, 1.165) is 29.8 Å². The summed E-state index contributed by atoms with van der Waals surface area (Å²) >= 11 is 2.85. The van der Waals surface area contributed by atoms with Crippen LogP contribution in [0.1, 0.15) is 47.6 Å². The van der Waals surface area contributed by atoms with Crippen LogP contribution in [0.2, 0.25) is 0 Å². The zero-order chi connectivity index (χ0) is 19.7. The standard InChI is InChI=1S/C19H25N3O3S3/c1-13-9-10-17(26-13)28(24,25)22-11-5-6-14(12-22)18(23)21-19-20-15-7-3-2-4-8-16(15)27-19/h9-10,14H,2-8,11-12H2,1H3,(H,20,21,23). The Kier molecular flexibility index (Phi) is 5.87. The Bertz CT molecular complexity index is 941. The van der Waals surface area contributed by atoms with Gasteiger partial charge in [-0.25, -0.2) is 13.4 Å². The van der Waals surface area contributed by atoms with Crippen LogP contribution in [0.4, 0.5) is 5.13 Å². The predicted octanol–water partition coefficient (Wildman–Crippen LogP) is 3.82. The summed E-state index contributed by atoms with van der Waals surface area (Å²) in [6.07, 6.45) is 6.99. The SMILES string of the molecule is Cc1ccc(S(=O)(=O)N2CCCC(C(=O)Nc3nc4c(s3)CCCCC4)C2)s1. The minimum Gasteiger partial charge on any atom is -0.302 e. The van der Waals surface area contributed by atoms with Crippen molar-refractivity contribution in [2.24, 2.45) is 5.92 Å². The highest BCUT2D eigenvalue weighted by molar-refractivity contribution is 7.91. The second-order valence-corrected chi connectivity index (χ2v) is 12.0. The number of thiazole rings is 1. The number of hydrogen-bond acceptors (Lipinski definition) is 6. The molecule has 0 bridgehead atoms. The lowest BCUT2D eigenvalue weighted by atomic mass is 9.99. The highest BCUT2D eigenvalue weighted by Gasteiger charge is 2.34. The number of piperidine rings is 1. The molecule has 1 aliphatic carbocycles. The Hall–Kier alpha value is -1.29. The van der Waals surface area contributed by atoms with E-state index >= 15 is 0 Å². The number of nitrogens with one attached hydrogen (secondary N) is 1. The maximum Gasteiger partial charge on any atom is 0.252 e. The summed E-state index contributed by atoms with van der Waals surface area (Å²) in [4.78, 5) is 19.7. The molecule has 1 saturated heterocycles. The summed E-state index contributed by atoms with van der Waals surface area (Å²) in [7, 11) is -3.53. The molecule has 0 spiro atoms. The van der Waals surface area contributed by atoms with Crippen molar-refractivity contribution in [2.45, 2.75) is 56.1 Å². The summed E-state index contributed by atoms with van der Waals surface area (Å²) < 4.78 is 27.6. The van der Waals surface area contributed by atoms with Crippen molar-refractivity contribution in [2.75, 3.05) is 18.4 Å². The molecule has 0 aromatic carbocycles. The van der Waals surface area contributed by atoms with Crippen molar-refractivity contribution in [3.63, 3.8) is 0 Å². The van der Waals surface area contributed by atoms with Crippen LogP contribution < -0.4 is 5.32 Å². The highest BCUT2D eigenvalue weighted by Crippen LogP contribution is 2.31. The smallest absolute Gasteiger partial charge is 0.252 e. The van der Waals surface area contributed by atoms with E-state index < -0.39 is 10.0 Å². The molecule has 1 atom stereocenters. The lowest BCUT2D eigenvalue weighted by Crippen LogP contribution is -2.43. The number of fused-ring (bicyclic) bond motifs is 1. The number of carbonyl (C=O) groups excluding carboxylic acids is 1. The molecule has 0 radical (unpaired) electrons. The number of nitrogens with zero attached hydrogens (tertiary/aromatic N) is 2. The van der Waals surface area contributed by atoms with Crippen LogP contribution in [-0.2, 0) is 27.7 Å². The minimum atomic E-state index is -3.53. The number of thiophene rings is 1. The third-order valence-electron chi connectivity index (χ3n) is 5.39. The van der Waals surface area contributed by atoms with E-state index in [1.165, 1.54) is 33.4 Å². The lowest BCUT2D eigenvalue weighted by molar-refractivity contribution is -0.120. The van der Waals surface area contributed by atoms with Gasteiger partial charge in [0.15, 0.2) is 5.13 Å². The summed E-state index contributed by atoms with van der Waals surface area (Å²) in [6.45, 7) is 2.59. The molecule has 9 heteroatoms. The normalized spacial score (nSPS) is 21.1. The van der Waals surface area contributed by atoms with Gasteiger partial charge in [-0.15, -0.1) is 22.7 Å². The molecular weight excluding hydrogens is 414 g/mol. The van der Waals surface area contributed by atoms with Gasteiger partial charge in [0.1, 0.15) is 4.21 Å². The van der Waals surface area contributed by atoms with E-state index in [0.29, 0.717) is 28.7 Å². The van der Waals surface area contributed by atoms with Crippen LogP contribution in [0.3, 0.4) is 0 Å². The fourth-order valence-corrected chi connectivity index (χ4v) is 7.86. The van der Waals surface area contributed by atoms with Gasteiger partial charge in [0.25, 0.3) is 10.0 Å². The van der Waals surface area contributed by atoms with Gasteiger partial charge in [0.05, 0.1) is 11.6 Å². The molecule has 1 aliphatic heterocycles. The Labute approximate surface area is 174 Å². The largest absolute Gasteiger partial charge is 0.302 e. The first kappa shape index (κ1) is 20.0. The van der Waals surface area contributed by atoms with Crippen LogP contribution in [0, 0.1) is 12.8 Å². The Morgan fingerprint density at radius 3 is 2.79 bits per heavy atom. The van der Waals surface area contributed by atoms with Crippen LogP contribution >= 0.6 is 22.7 Å². The number of amides is 1.